The number of halogens is 3. The van der Waals surface area contributed by atoms with Gasteiger partial charge in [0, 0.05) is 31.0 Å². The normalized spacial score (nSPS) is 14.9. The number of Topliss-reactive ketones (excluding diaryl/α,β-unsaturated/α-hetero) is 1. The van der Waals surface area contributed by atoms with E-state index in [0.717, 1.165) is 25.0 Å². The van der Waals surface area contributed by atoms with Crippen molar-refractivity contribution in [1.29, 1.82) is 0 Å². The number of benzene rings is 1. The van der Waals surface area contributed by atoms with Crippen molar-refractivity contribution in [2.75, 3.05) is 6.54 Å². The molecule has 122 valence electrons. The number of carbonyl (C=O) groups is 2. The lowest BCUT2D eigenvalue weighted by atomic mass is 10.1. The van der Waals surface area contributed by atoms with E-state index in [1.807, 2.05) is 0 Å². The van der Waals surface area contributed by atoms with Crippen LogP contribution in [0.1, 0.15) is 36.0 Å². The van der Waals surface area contributed by atoms with Crippen molar-refractivity contribution in [2.45, 2.75) is 31.7 Å². The second-order valence-electron chi connectivity index (χ2n) is 5.36. The van der Waals surface area contributed by atoms with Crippen LogP contribution in [0.2, 0.25) is 0 Å². The Kier molecular flexibility index (Phi) is 6.90. The van der Waals surface area contributed by atoms with Crippen molar-refractivity contribution in [2.24, 2.45) is 11.7 Å². The first kappa shape index (κ1) is 18.5. The highest BCUT2D eigenvalue weighted by atomic mass is 35.5. The number of amides is 1. The van der Waals surface area contributed by atoms with Crippen LogP contribution in [0.15, 0.2) is 18.2 Å². The minimum absolute atomic E-state index is 0. The standard InChI is InChI=1S/C15H18F2N2O2.ClH/c16-11-4-3-10(7-12(11)17)14(20)5-6-15(21)19-8-13(18)9-1-2-9;/h3-4,7,9,13H,1-2,5-6,8,18H2,(H,19,21);1H. The summed E-state index contributed by atoms with van der Waals surface area (Å²) in [6, 6.07) is 2.92. The highest BCUT2D eigenvalue weighted by molar-refractivity contribution is 5.97. The zero-order valence-corrected chi connectivity index (χ0v) is 12.8. The van der Waals surface area contributed by atoms with Crippen LogP contribution in [0.3, 0.4) is 0 Å². The van der Waals surface area contributed by atoms with Crippen molar-refractivity contribution in [1.82, 2.24) is 5.32 Å². The Hall–Kier alpha value is -1.53. The first-order chi connectivity index (χ1) is 9.97. The van der Waals surface area contributed by atoms with E-state index in [9.17, 15) is 18.4 Å². The molecule has 4 nitrogen and oxygen atoms in total. The molecule has 0 bridgehead atoms. The van der Waals surface area contributed by atoms with Gasteiger partial charge in [0.15, 0.2) is 17.4 Å². The molecule has 0 heterocycles. The van der Waals surface area contributed by atoms with Gasteiger partial charge < -0.3 is 11.1 Å². The number of ketones is 1. The average Bonchev–Trinajstić information content (AvgIpc) is 3.29. The Bertz CT molecular complexity index is 550. The first-order valence-corrected chi connectivity index (χ1v) is 6.98. The molecule has 1 aliphatic rings. The molecule has 2 rings (SSSR count). The van der Waals surface area contributed by atoms with Crippen molar-refractivity contribution < 1.29 is 18.4 Å². The van der Waals surface area contributed by atoms with Crippen LogP contribution in [0.5, 0.6) is 0 Å². The SMILES string of the molecule is Cl.NC(CNC(=O)CCC(=O)c1ccc(F)c(F)c1)C1CC1. The van der Waals surface area contributed by atoms with Crippen LogP contribution in [-0.2, 0) is 4.79 Å². The molecule has 0 spiro atoms. The Morgan fingerprint density at radius 1 is 1.23 bits per heavy atom. The topological polar surface area (TPSA) is 72.2 Å². The van der Waals surface area contributed by atoms with Gasteiger partial charge in [0.25, 0.3) is 0 Å². The molecular formula is C15H19ClF2N2O2. The Morgan fingerprint density at radius 2 is 1.91 bits per heavy atom. The first-order valence-electron chi connectivity index (χ1n) is 6.98. The fourth-order valence-corrected chi connectivity index (χ4v) is 2.05. The predicted molar refractivity (Wildman–Crippen MR) is 80.9 cm³/mol. The quantitative estimate of drug-likeness (QED) is 0.752. The maximum absolute atomic E-state index is 13.0. The summed E-state index contributed by atoms with van der Waals surface area (Å²) in [4.78, 5) is 23.4. The molecule has 1 aromatic rings. The maximum Gasteiger partial charge on any atom is 0.220 e. The zero-order chi connectivity index (χ0) is 15.4. The maximum atomic E-state index is 13.0. The van der Waals surface area contributed by atoms with Gasteiger partial charge in [-0.3, -0.25) is 9.59 Å². The minimum Gasteiger partial charge on any atom is -0.355 e. The Morgan fingerprint density at radius 3 is 2.50 bits per heavy atom. The second-order valence-corrected chi connectivity index (χ2v) is 5.36. The van der Waals surface area contributed by atoms with Gasteiger partial charge in [-0.2, -0.15) is 0 Å². The minimum atomic E-state index is -1.07. The molecule has 3 N–H and O–H groups in total. The molecule has 1 fully saturated rings. The van der Waals surface area contributed by atoms with Gasteiger partial charge in [-0.15, -0.1) is 12.4 Å². The van der Waals surface area contributed by atoms with E-state index in [4.69, 9.17) is 5.73 Å². The lowest BCUT2D eigenvalue weighted by Crippen LogP contribution is -2.38. The van der Waals surface area contributed by atoms with Crippen LogP contribution < -0.4 is 11.1 Å². The zero-order valence-electron chi connectivity index (χ0n) is 12.0. The van der Waals surface area contributed by atoms with Crippen molar-refractivity contribution >= 4 is 24.1 Å². The fraction of sp³-hybridized carbons (Fsp3) is 0.467. The summed E-state index contributed by atoms with van der Waals surface area (Å²) >= 11 is 0. The van der Waals surface area contributed by atoms with Crippen LogP contribution in [-0.4, -0.2) is 24.3 Å². The summed E-state index contributed by atoms with van der Waals surface area (Å²) in [5, 5.41) is 2.68. The molecule has 1 aliphatic carbocycles. The molecule has 0 aliphatic heterocycles. The number of rotatable bonds is 7. The summed E-state index contributed by atoms with van der Waals surface area (Å²) in [7, 11) is 0. The molecule has 0 saturated heterocycles. The van der Waals surface area contributed by atoms with Gasteiger partial charge in [0.05, 0.1) is 0 Å². The molecule has 1 atom stereocenters. The van der Waals surface area contributed by atoms with E-state index in [0.29, 0.717) is 12.5 Å². The van der Waals surface area contributed by atoms with Gasteiger partial charge in [-0.05, 0) is 37.0 Å². The van der Waals surface area contributed by atoms with E-state index >= 15 is 0 Å². The molecule has 1 aromatic carbocycles. The van der Waals surface area contributed by atoms with E-state index in [1.54, 1.807) is 0 Å². The van der Waals surface area contributed by atoms with Crippen molar-refractivity contribution in [3.63, 3.8) is 0 Å². The molecule has 1 unspecified atom stereocenters. The molecule has 7 heteroatoms. The second kappa shape index (κ2) is 8.19. The highest BCUT2D eigenvalue weighted by Crippen LogP contribution is 2.31. The molecule has 0 aromatic heterocycles. The molecule has 0 radical (unpaired) electrons. The fourth-order valence-electron chi connectivity index (χ4n) is 2.05. The smallest absolute Gasteiger partial charge is 0.220 e. The largest absolute Gasteiger partial charge is 0.355 e. The summed E-state index contributed by atoms with van der Waals surface area (Å²) < 4.78 is 25.8. The van der Waals surface area contributed by atoms with Crippen molar-refractivity contribution in [3.8, 4) is 0 Å². The summed E-state index contributed by atoms with van der Waals surface area (Å²) in [6.07, 6.45) is 2.17. The lowest BCUT2D eigenvalue weighted by Gasteiger charge is -2.11. The summed E-state index contributed by atoms with van der Waals surface area (Å²) in [5.41, 5.74) is 5.91. The summed E-state index contributed by atoms with van der Waals surface area (Å²) in [5.74, 6) is -2.23. The summed E-state index contributed by atoms with van der Waals surface area (Å²) in [6.45, 7) is 0.406. The van der Waals surface area contributed by atoms with Gasteiger partial charge in [-0.1, -0.05) is 0 Å². The highest BCUT2D eigenvalue weighted by Gasteiger charge is 2.28. The third-order valence-electron chi connectivity index (χ3n) is 3.58. The molecule has 22 heavy (non-hydrogen) atoms. The third kappa shape index (κ3) is 5.35. The molecule has 1 amide bonds. The lowest BCUT2D eigenvalue weighted by molar-refractivity contribution is -0.121. The number of carbonyl (C=O) groups excluding carboxylic acids is 2. The predicted octanol–water partition coefficient (Wildman–Crippen LogP) is 2.20. The number of hydrogen-bond donors (Lipinski definition) is 2. The van der Waals surface area contributed by atoms with Crippen molar-refractivity contribution in [3.05, 3.63) is 35.4 Å². The van der Waals surface area contributed by atoms with Crippen LogP contribution in [0.25, 0.3) is 0 Å². The number of hydrogen-bond acceptors (Lipinski definition) is 3. The number of nitrogens with one attached hydrogen (secondary N) is 1. The van der Waals surface area contributed by atoms with Crippen LogP contribution in [0, 0.1) is 17.6 Å². The van der Waals surface area contributed by atoms with Gasteiger partial charge in [0.2, 0.25) is 5.91 Å². The third-order valence-corrected chi connectivity index (χ3v) is 3.58. The van der Waals surface area contributed by atoms with Gasteiger partial charge in [-0.25, -0.2) is 8.78 Å². The van der Waals surface area contributed by atoms with E-state index in [1.165, 1.54) is 6.07 Å². The van der Waals surface area contributed by atoms with E-state index in [2.05, 4.69) is 5.32 Å². The Balaban J connectivity index is 0.00000242. The van der Waals surface area contributed by atoms with Gasteiger partial charge >= 0.3 is 0 Å². The average molecular weight is 333 g/mol. The van der Waals surface area contributed by atoms with Crippen LogP contribution >= 0.6 is 12.4 Å². The number of nitrogens with two attached hydrogens (primary N) is 1. The van der Waals surface area contributed by atoms with Crippen LogP contribution in [0.4, 0.5) is 8.78 Å². The Labute approximate surface area is 133 Å². The van der Waals surface area contributed by atoms with E-state index in [-0.39, 0.29) is 42.8 Å². The van der Waals surface area contributed by atoms with Gasteiger partial charge in [0.1, 0.15) is 0 Å². The molecule has 1 saturated carbocycles. The molecular weight excluding hydrogens is 314 g/mol. The van der Waals surface area contributed by atoms with E-state index < -0.39 is 17.4 Å². The monoisotopic (exact) mass is 332 g/mol.